The smallest absolute Gasteiger partial charge is 0.417 e. The zero-order valence-corrected chi connectivity index (χ0v) is 23.3. The number of halogens is 5. The Kier molecular flexibility index (Phi) is 9.38. The maximum absolute atomic E-state index is 14.9. The average Bonchev–Trinajstić information content (AvgIpc) is 3.44. The van der Waals surface area contributed by atoms with Crippen molar-refractivity contribution >= 4 is 29.0 Å². The molecule has 15 heteroatoms. The number of urea groups is 1. The zero-order valence-electron chi connectivity index (χ0n) is 22.6. The molecule has 2 amide bonds. The number of amides is 2. The molecule has 3 heterocycles. The molecule has 0 aliphatic carbocycles. The number of benzene rings is 2. The first-order valence-electron chi connectivity index (χ1n) is 13.2. The Labute approximate surface area is 248 Å². The number of carbonyl (C=O) groups is 1. The van der Waals surface area contributed by atoms with E-state index in [9.17, 15) is 22.4 Å². The maximum Gasteiger partial charge on any atom is 0.417 e. The van der Waals surface area contributed by atoms with Gasteiger partial charge in [-0.2, -0.15) is 13.2 Å². The van der Waals surface area contributed by atoms with Crippen LogP contribution < -0.4 is 15.4 Å². The van der Waals surface area contributed by atoms with Crippen LogP contribution in [0.5, 0.6) is 11.5 Å². The highest BCUT2D eigenvalue weighted by Gasteiger charge is 2.33. The standard InChI is InChI=1S/C28H26ClF4N7O3/c29-22-4-2-18(14-21(22)28(31,32)33)36-27(41)37-19-3-5-25(23(30)15-19)43-20-6-7-34-24(16-20)26-38-35-17-40(26)9-1-8-39-10-12-42-13-11-39/h2-7,14-17H,1,8-13H2,(H2,36,37,41). The van der Waals surface area contributed by atoms with Gasteiger partial charge in [0.1, 0.15) is 17.8 Å². The Hall–Kier alpha value is -4.27. The third-order valence-electron chi connectivity index (χ3n) is 6.50. The van der Waals surface area contributed by atoms with E-state index in [0.717, 1.165) is 51.4 Å². The molecule has 0 bridgehead atoms. The summed E-state index contributed by atoms with van der Waals surface area (Å²) in [4.78, 5) is 19.0. The quantitative estimate of drug-likeness (QED) is 0.212. The summed E-state index contributed by atoms with van der Waals surface area (Å²) in [6.45, 7) is 4.90. The number of carbonyl (C=O) groups excluding carboxylic acids is 1. The number of morpholine rings is 1. The fourth-order valence-corrected chi connectivity index (χ4v) is 4.63. The molecule has 1 aliphatic heterocycles. The summed E-state index contributed by atoms with van der Waals surface area (Å²) in [6.07, 6.45) is -0.663. The first-order valence-corrected chi connectivity index (χ1v) is 13.6. The van der Waals surface area contributed by atoms with Gasteiger partial charge in [-0.1, -0.05) is 11.6 Å². The molecular formula is C28H26ClF4N7O3. The van der Waals surface area contributed by atoms with E-state index in [2.05, 4.69) is 30.7 Å². The number of hydrogen-bond acceptors (Lipinski definition) is 7. The highest BCUT2D eigenvalue weighted by Crippen LogP contribution is 2.36. The van der Waals surface area contributed by atoms with Crippen molar-refractivity contribution in [3.8, 4) is 23.0 Å². The van der Waals surface area contributed by atoms with E-state index >= 15 is 0 Å². The molecule has 0 unspecified atom stereocenters. The summed E-state index contributed by atoms with van der Waals surface area (Å²) >= 11 is 5.60. The second-order valence-electron chi connectivity index (χ2n) is 9.55. The molecule has 0 saturated carbocycles. The van der Waals surface area contributed by atoms with Crippen LogP contribution in [-0.4, -0.2) is 63.5 Å². The van der Waals surface area contributed by atoms with Crippen LogP contribution in [0.2, 0.25) is 5.02 Å². The number of pyridine rings is 1. The molecule has 5 rings (SSSR count). The molecule has 1 fully saturated rings. The number of aryl methyl sites for hydroxylation is 1. The Morgan fingerprint density at radius 1 is 1.02 bits per heavy atom. The normalized spacial score (nSPS) is 14.0. The van der Waals surface area contributed by atoms with Gasteiger partial charge in [0.05, 0.1) is 23.8 Å². The van der Waals surface area contributed by atoms with Crippen molar-refractivity contribution in [3.63, 3.8) is 0 Å². The van der Waals surface area contributed by atoms with Gasteiger partial charge in [0.15, 0.2) is 17.4 Å². The summed E-state index contributed by atoms with van der Waals surface area (Å²) in [5.74, 6) is -0.0640. The molecule has 1 aliphatic rings. The van der Waals surface area contributed by atoms with Gasteiger partial charge in [-0.05, 0) is 42.8 Å². The lowest BCUT2D eigenvalue weighted by Crippen LogP contribution is -2.37. The van der Waals surface area contributed by atoms with Crippen LogP contribution in [0, 0.1) is 5.82 Å². The van der Waals surface area contributed by atoms with Crippen LogP contribution in [0.25, 0.3) is 11.5 Å². The maximum atomic E-state index is 14.9. The van der Waals surface area contributed by atoms with Crippen molar-refractivity contribution in [3.05, 3.63) is 77.5 Å². The predicted octanol–water partition coefficient (Wildman–Crippen LogP) is 6.31. The molecule has 2 N–H and O–H groups in total. The van der Waals surface area contributed by atoms with Gasteiger partial charge in [0, 0.05) is 55.9 Å². The summed E-state index contributed by atoms with van der Waals surface area (Å²) in [5, 5.41) is 12.3. The molecule has 10 nitrogen and oxygen atoms in total. The van der Waals surface area contributed by atoms with Crippen molar-refractivity contribution in [1.29, 1.82) is 0 Å². The van der Waals surface area contributed by atoms with Crippen LogP contribution >= 0.6 is 11.6 Å². The second kappa shape index (κ2) is 13.4. The minimum atomic E-state index is -4.69. The van der Waals surface area contributed by atoms with Crippen LogP contribution in [-0.2, 0) is 17.5 Å². The van der Waals surface area contributed by atoms with Crippen molar-refractivity contribution in [2.75, 3.05) is 43.5 Å². The Bertz CT molecular complexity index is 1580. The summed E-state index contributed by atoms with van der Waals surface area (Å²) < 4.78 is 67.1. The van der Waals surface area contributed by atoms with E-state index in [1.54, 1.807) is 18.5 Å². The first-order chi connectivity index (χ1) is 20.7. The molecular weight excluding hydrogens is 594 g/mol. The van der Waals surface area contributed by atoms with E-state index in [1.165, 1.54) is 24.4 Å². The number of rotatable bonds is 9. The summed E-state index contributed by atoms with van der Waals surface area (Å²) in [7, 11) is 0. The van der Waals surface area contributed by atoms with E-state index in [-0.39, 0.29) is 17.1 Å². The van der Waals surface area contributed by atoms with E-state index in [1.807, 2.05) is 4.57 Å². The Morgan fingerprint density at radius 2 is 1.77 bits per heavy atom. The molecule has 0 atom stereocenters. The Balaban J connectivity index is 1.20. The number of hydrogen-bond donors (Lipinski definition) is 2. The fourth-order valence-electron chi connectivity index (χ4n) is 4.41. The second-order valence-corrected chi connectivity index (χ2v) is 9.96. The van der Waals surface area contributed by atoms with Gasteiger partial charge in [0.2, 0.25) is 0 Å². The van der Waals surface area contributed by atoms with Crippen molar-refractivity contribution in [1.82, 2.24) is 24.6 Å². The van der Waals surface area contributed by atoms with Gasteiger partial charge in [0.25, 0.3) is 0 Å². The average molecular weight is 620 g/mol. The van der Waals surface area contributed by atoms with Crippen molar-refractivity contribution in [2.45, 2.75) is 19.1 Å². The van der Waals surface area contributed by atoms with Crippen LogP contribution in [0.3, 0.4) is 0 Å². The number of anilines is 2. The van der Waals surface area contributed by atoms with Gasteiger partial charge in [-0.3, -0.25) is 9.88 Å². The molecule has 43 heavy (non-hydrogen) atoms. The van der Waals surface area contributed by atoms with E-state index in [4.69, 9.17) is 21.1 Å². The lowest BCUT2D eigenvalue weighted by atomic mass is 10.2. The molecule has 0 spiro atoms. The number of aromatic nitrogens is 4. The fraction of sp³-hybridized carbons (Fsp3) is 0.286. The first kappa shape index (κ1) is 30.2. The predicted molar refractivity (Wildman–Crippen MR) is 151 cm³/mol. The molecule has 2 aromatic heterocycles. The third-order valence-corrected chi connectivity index (χ3v) is 6.83. The number of nitrogens with one attached hydrogen (secondary N) is 2. The van der Waals surface area contributed by atoms with Gasteiger partial charge < -0.3 is 24.7 Å². The van der Waals surface area contributed by atoms with Gasteiger partial charge in [-0.25, -0.2) is 9.18 Å². The van der Waals surface area contributed by atoms with Crippen LogP contribution in [0.1, 0.15) is 12.0 Å². The minimum absolute atomic E-state index is 0.0490. The molecule has 1 saturated heterocycles. The lowest BCUT2D eigenvalue weighted by Gasteiger charge is -2.26. The molecule has 4 aromatic rings. The van der Waals surface area contributed by atoms with Crippen molar-refractivity contribution in [2.24, 2.45) is 0 Å². The largest absolute Gasteiger partial charge is 0.454 e. The molecule has 226 valence electrons. The van der Waals surface area contributed by atoms with Gasteiger partial charge in [-0.15, -0.1) is 10.2 Å². The molecule has 0 radical (unpaired) electrons. The van der Waals surface area contributed by atoms with Crippen LogP contribution in [0.4, 0.5) is 33.7 Å². The Morgan fingerprint density at radius 3 is 2.51 bits per heavy atom. The van der Waals surface area contributed by atoms with Crippen LogP contribution in [0.15, 0.2) is 61.1 Å². The third kappa shape index (κ3) is 7.97. The molecule has 2 aromatic carbocycles. The van der Waals surface area contributed by atoms with Gasteiger partial charge >= 0.3 is 12.2 Å². The summed E-state index contributed by atoms with van der Waals surface area (Å²) in [5.41, 5.74) is -0.695. The number of ether oxygens (including phenoxy) is 2. The lowest BCUT2D eigenvalue weighted by molar-refractivity contribution is -0.137. The monoisotopic (exact) mass is 619 g/mol. The minimum Gasteiger partial charge on any atom is -0.454 e. The van der Waals surface area contributed by atoms with E-state index < -0.39 is 28.6 Å². The number of nitrogens with zero attached hydrogens (tertiary/aromatic N) is 5. The highest BCUT2D eigenvalue weighted by molar-refractivity contribution is 6.31. The van der Waals surface area contributed by atoms with E-state index in [0.29, 0.717) is 29.9 Å². The number of alkyl halides is 3. The highest BCUT2D eigenvalue weighted by atomic mass is 35.5. The van der Waals surface area contributed by atoms with Crippen molar-refractivity contribution < 1.29 is 31.8 Å². The topological polar surface area (TPSA) is 106 Å². The summed E-state index contributed by atoms with van der Waals surface area (Å²) in [6, 6.07) is 8.94. The zero-order chi connectivity index (χ0) is 30.4. The SMILES string of the molecule is O=C(Nc1ccc(Oc2ccnc(-c3nncn3CCCN3CCOCC3)c2)c(F)c1)Nc1ccc(Cl)c(C(F)(F)F)c1.